The van der Waals surface area contributed by atoms with Gasteiger partial charge >= 0.3 is 0 Å². The van der Waals surface area contributed by atoms with Crippen LogP contribution >= 0.6 is 11.6 Å². The molecule has 0 aliphatic carbocycles. The standard InChI is InChI=1S/C15H21ClN4O/c1-3-18-15(17-2)20-9-8-19(14(21)11-20)10-12-4-6-13(16)7-5-12/h4-7H,3,8-11H2,1-2H3,(H,17,18). The van der Waals surface area contributed by atoms with Crippen molar-refractivity contribution in [3.8, 4) is 0 Å². The van der Waals surface area contributed by atoms with Gasteiger partial charge in [-0.2, -0.15) is 0 Å². The van der Waals surface area contributed by atoms with Crippen molar-refractivity contribution in [1.29, 1.82) is 0 Å². The van der Waals surface area contributed by atoms with Crippen molar-refractivity contribution in [2.24, 2.45) is 4.99 Å². The molecule has 0 saturated carbocycles. The van der Waals surface area contributed by atoms with E-state index in [1.54, 1.807) is 7.05 Å². The van der Waals surface area contributed by atoms with Crippen molar-refractivity contribution in [3.05, 3.63) is 34.9 Å². The van der Waals surface area contributed by atoms with Crippen molar-refractivity contribution >= 4 is 23.5 Å². The number of hydrogen-bond donors (Lipinski definition) is 1. The zero-order valence-electron chi connectivity index (χ0n) is 12.5. The molecule has 5 nitrogen and oxygen atoms in total. The van der Waals surface area contributed by atoms with Crippen molar-refractivity contribution in [1.82, 2.24) is 15.1 Å². The number of carbonyl (C=O) groups is 1. The van der Waals surface area contributed by atoms with Gasteiger partial charge in [-0.3, -0.25) is 9.79 Å². The van der Waals surface area contributed by atoms with E-state index < -0.39 is 0 Å². The van der Waals surface area contributed by atoms with Gasteiger partial charge in [0.25, 0.3) is 0 Å². The van der Waals surface area contributed by atoms with Crippen LogP contribution in [0, 0.1) is 0 Å². The number of aliphatic imine (C=N–C) groups is 1. The number of halogens is 1. The first-order valence-corrected chi connectivity index (χ1v) is 7.49. The second kappa shape index (κ2) is 7.31. The summed E-state index contributed by atoms with van der Waals surface area (Å²) in [6.07, 6.45) is 0. The van der Waals surface area contributed by atoms with Gasteiger partial charge in [0.2, 0.25) is 5.91 Å². The summed E-state index contributed by atoms with van der Waals surface area (Å²) in [5.74, 6) is 0.909. The molecule has 0 aromatic heterocycles. The van der Waals surface area contributed by atoms with E-state index >= 15 is 0 Å². The molecule has 0 unspecified atom stereocenters. The number of nitrogens with one attached hydrogen (secondary N) is 1. The molecular weight excluding hydrogens is 288 g/mol. The smallest absolute Gasteiger partial charge is 0.242 e. The van der Waals surface area contributed by atoms with E-state index in [0.29, 0.717) is 24.7 Å². The van der Waals surface area contributed by atoms with E-state index in [9.17, 15) is 4.79 Å². The van der Waals surface area contributed by atoms with Crippen LogP contribution in [0.3, 0.4) is 0 Å². The van der Waals surface area contributed by atoms with Crippen LogP contribution in [0.5, 0.6) is 0 Å². The fourth-order valence-corrected chi connectivity index (χ4v) is 2.48. The summed E-state index contributed by atoms with van der Waals surface area (Å²) >= 11 is 5.88. The van der Waals surface area contributed by atoms with Gasteiger partial charge in [-0.15, -0.1) is 0 Å². The lowest BCUT2D eigenvalue weighted by Gasteiger charge is -2.36. The highest BCUT2D eigenvalue weighted by Crippen LogP contribution is 2.13. The van der Waals surface area contributed by atoms with Crippen LogP contribution in [0.25, 0.3) is 0 Å². The maximum Gasteiger partial charge on any atom is 0.242 e. The highest BCUT2D eigenvalue weighted by molar-refractivity contribution is 6.30. The maximum atomic E-state index is 12.3. The molecule has 1 aromatic carbocycles. The predicted molar refractivity (Wildman–Crippen MR) is 85.5 cm³/mol. The number of carbonyl (C=O) groups excluding carboxylic acids is 1. The highest BCUT2D eigenvalue weighted by atomic mass is 35.5. The lowest BCUT2D eigenvalue weighted by Crippen LogP contribution is -2.54. The SMILES string of the molecule is CCNC(=NC)N1CCN(Cc2ccc(Cl)cc2)C(=O)C1. The van der Waals surface area contributed by atoms with Gasteiger partial charge < -0.3 is 15.1 Å². The number of rotatable bonds is 3. The largest absolute Gasteiger partial charge is 0.357 e. The Morgan fingerprint density at radius 2 is 2.05 bits per heavy atom. The molecule has 6 heteroatoms. The van der Waals surface area contributed by atoms with Crippen LogP contribution in [0.15, 0.2) is 29.3 Å². The Morgan fingerprint density at radius 1 is 1.33 bits per heavy atom. The second-order valence-corrected chi connectivity index (χ2v) is 5.38. The maximum absolute atomic E-state index is 12.3. The lowest BCUT2D eigenvalue weighted by atomic mass is 10.2. The molecule has 114 valence electrons. The number of amides is 1. The Balaban J connectivity index is 1.95. The Kier molecular flexibility index (Phi) is 5.44. The molecule has 0 atom stereocenters. The van der Waals surface area contributed by atoms with Crippen molar-refractivity contribution < 1.29 is 4.79 Å². The number of guanidine groups is 1. The van der Waals surface area contributed by atoms with E-state index in [1.807, 2.05) is 41.0 Å². The van der Waals surface area contributed by atoms with Gasteiger partial charge in [-0.05, 0) is 24.6 Å². The average molecular weight is 309 g/mol. The third-order valence-electron chi connectivity index (χ3n) is 3.45. The van der Waals surface area contributed by atoms with E-state index in [1.165, 1.54) is 0 Å². The van der Waals surface area contributed by atoms with Crippen molar-refractivity contribution in [2.75, 3.05) is 33.2 Å². The minimum Gasteiger partial charge on any atom is -0.357 e. The molecule has 1 amide bonds. The molecule has 1 aliphatic heterocycles. The van der Waals surface area contributed by atoms with Gasteiger partial charge in [0.05, 0.1) is 6.54 Å². The minimum atomic E-state index is 0.121. The molecule has 1 N–H and O–H groups in total. The summed E-state index contributed by atoms with van der Waals surface area (Å²) in [6.45, 7) is 5.30. The molecule has 0 spiro atoms. The molecule has 1 aromatic rings. The minimum absolute atomic E-state index is 0.121. The zero-order chi connectivity index (χ0) is 15.2. The van der Waals surface area contributed by atoms with Gasteiger partial charge in [0.15, 0.2) is 5.96 Å². The second-order valence-electron chi connectivity index (χ2n) is 4.94. The van der Waals surface area contributed by atoms with Gasteiger partial charge in [0, 0.05) is 38.2 Å². The quantitative estimate of drug-likeness (QED) is 0.681. The predicted octanol–water partition coefficient (Wildman–Crippen LogP) is 1.58. The highest BCUT2D eigenvalue weighted by Gasteiger charge is 2.25. The summed E-state index contributed by atoms with van der Waals surface area (Å²) in [7, 11) is 1.74. The van der Waals surface area contributed by atoms with Crippen LogP contribution in [0.4, 0.5) is 0 Å². The molecule has 1 saturated heterocycles. The molecule has 1 fully saturated rings. The summed E-state index contributed by atoms with van der Waals surface area (Å²) in [5.41, 5.74) is 1.09. The molecule has 21 heavy (non-hydrogen) atoms. The first kappa shape index (κ1) is 15.6. The topological polar surface area (TPSA) is 47.9 Å². The van der Waals surface area contributed by atoms with E-state index in [0.717, 1.165) is 24.6 Å². The fourth-order valence-electron chi connectivity index (χ4n) is 2.36. The van der Waals surface area contributed by atoms with Crippen LogP contribution in [-0.4, -0.2) is 54.9 Å². The first-order valence-electron chi connectivity index (χ1n) is 7.12. The third-order valence-corrected chi connectivity index (χ3v) is 3.70. The normalized spacial score (nSPS) is 16.3. The zero-order valence-corrected chi connectivity index (χ0v) is 13.2. The summed E-state index contributed by atoms with van der Waals surface area (Å²) in [4.78, 5) is 20.3. The lowest BCUT2D eigenvalue weighted by molar-refractivity contribution is -0.135. The van der Waals surface area contributed by atoms with Crippen molar-refractivity contribution in [2.45, 2.75) is 13.5 Å². The fraction of sp³-hybridized carbons (Fsp3) is 0.467. The molecule has 0 bridgehead atoms. The molecule has 1 heterocycles. The Labute approximate surface area is 130 Å². The van der Waals surface area contributed by atoms with E-state index in [4.69, 9.17) is 11.6 Å². The van der Waals surface area contributed by atoms with Crippen LogP contribution < -0.4 is 5.32 Å². The van der Waals surface area contributed by atoms with Gasteiger partial charge in [0.1, 0.15) is 0 Å². The monoisotopic (exact) mass is 308 g/mol. The Hall–Kier alpha value is -1.75. The molecular formula is C15H21ClN4O. The van der Waals surface area contributed by atoms with Crippen LogP contribution in [-0.2, 0) is 11.3 Å². The van der Waals surface area contributed by atoms with Crippen LogP contribution in [0.1, 0.15) is 12.5 Å². The Bertz CT molecular complexity index is 515. The number of hydrogen-bond acceptors (Lipinski definition) is 2. The van der Waals surface area contributed by atoms with E-state index in [-0.39, 0.29) is 5.91 Å². The molecule has 0 radical (unpaired) electrons. The van der Waals surface area contributed by atoms with E-state index in [2.05, 4.69) is 10.3 Å². The average Bonchev–Trinajstić information content (AvgIpc) is 2.49. The van der Waals surface area contributed by atoms with Gasteiger partial charge in [-0.1, -0.05) is 23.7 Å². The van der Waals surface area contributed by atoms with Gasteiger partial charge in [-0.25, -0.2) is 0 Å². The van der Waals surface area contributed by atoms with Crippen LogP contribution in [0.2, 0.25) is 5.02 Å². The number of nitrogens with zero attached hydrogens (tertiary/aromatic N) is 3. The number of piperazine rings is 1. The molecule has 1 aliphatic rings. The third kappa shape index (κ3) is 4.11. The van der Waals surface area contributed by atoms with Crippen molar-refractivity contribution in [3.63, 3.8) is 0 Å². The molecule has 2 rings (SSSR count). The Morgan fingerprint density at radius 3 is 2.62 bits per heavy atom. The summed E-state index contributed by atoms with van der Waals surface area (Å²) in [6, 6.07) is 7.62. The number of benzene rings is 1. The summed E-state index contributed by atoms with van der Waals surface area (Å²) < 4.78 is 0. The first-order chi connectivity index (χ1) is 10.1. The summed E-state index contributed by atoms with van der Waals surface area (Å²) in [5, 5.41) is 3.90.